The van der Waals surface area contributed by atoms with Gasteiger partial charge in [0.25, 0.3) is 0 Å². The van der Waals surface area contributed by atoms with Gasteiger partial charge in [-0.15, -0.1) is 0 Å². The minimum Gasteiger partial charge on any atom is -0.272 e. The molecule has 1 heterocycles. The van der Waals surface area contributed by atoms with E-state index in [0.29, 0.717) is 17.8 Å². The largest absolute Gasteiger partial charge is 0.272 e. The highest BCUT2D eigenvalue weighted by atomic mass is 19.1. The second-order valence-electron chi connectivity index (χ2n) is 9.03. The van der Waals surface area contributed by atoms with Crippen molar-refractivity contribution in [1.82, 2.24) is 4.98 Å². The predicted molar refractivity (Wildman–Crippen MR) is 129 cm³/mol. The summed E-state index contributed by atoms with van der Waals surface area (Å²) in [7, 11) is 0. The molecule has 0 aliphatic heterocycles. The van der Waals surface area contributed by atoms with E-state index < -0.39 is 0 Å². The first-order chi connectivity index (χ1) is 15.5. The van der Waals surface area contributed by atoms with Crippen LogP contribution in [-0.2, 0) is 0 Å². The summed E-state index contributed by atoms with van der Waals surface area (Å²) in [4.78, 5) is 8.36. The highest BCUT2D eigenvalue weighted by Gasteiger charge is 2.27. The van der Waals surface area contributed by atoms with Crippen molar-refractivity contribution in [3.05, 3.63) is 83.7 Å². The number of fused-ring (bicyclic) bond motifs is 1. The molecule has 2 nitrogen and oxygen atoms in total. The number of pyridine rings is 1. The van der Waals surface area contributed by atoms with Gasteiger partial charge in [-0.1, -0.05) is 19.1 Å². The van der Waals surface area contributed by atoms with Crippen molar-refractivity contribution >= 4 is 23.2 Å². The number of hydrogen-bond donors (Lipinski definition) is 0. The van der Waals surface area contributed by atoms with Crippen LogP contribution >= 0.6 is 0 Å². The molecule has 32 heavy (non-hydrogen) atoms. The van der Waals surface area contributed by atoms with Gasteiger partial charge in [0.05, 0.1) is 5.52 Å². The van der Waals surface area contributed by atoms with Crippen LogP contribution in [0.5, 0.6) is 0 Å². The van der Waals surface area contributed by atoms with E-state index in [4.69, 9.17) is 0 Å². The fourth-order valence-corrected chi connectivity index (χ4v) is 5.17. The van der Waals surface area contributed by atoms with Gasteiger partial charge in [0.15, 0.2) is 0 Å². The van der Waals surface area contributed by atoms with Crippen molar-refractivity contribution in [2.75, 3.05) is 0 Å². The maximum absolute atomic E-state index is 13.8. The lowest BCUT2D eigenvalue weighted by molar-refractivity contribution is 0.238. The first-order valence-corrected chi connectivity index (χ1v) is 11.5. The molecule has 0 amide bonds. The van der Waals surface area contributed by atoms with Crippen molar-refractivity contribution in [1.29, 1.82) is 0 Å². The summed E-state index contributed by atoms with van der Waals surface area (Å²) in [5.74, 6) is 1.31. The van der Waals surface area contributed by atoms with Crippen LogP contribution in [0.2, 0.25) is 0 Å². The first kappa shape index (κ1) is 22.3. The summed E-state index contributed by atoms with van der Waals surface area (Å²) in [6.07, 6.45) is 10.2. The van der Waals surface area contributed by atoms with Crippen molar-refractivity contribution in [3.63, 3.8) is 0 Å². The number of allylic oxidation sites excluding steroid dienone is 1. The minimum absolute atomic E-state index is 0.201. The third-order valence-electron chi connectivity index (χ3n) is 7.08. The van der Waals surface area contributed by atoms with E-state index in [1.807, 2.05) is 18.3 Å². The number of aliphatic imine (C=N–C) groups is 1. The molecule has 0 radical (unpaired) electrons. The van der Waals surface area contributed by atoms with Crippen molar-refractivity contribution in [2.24, 2.45) is 16.8 Å². The van der Waals surface area contributed by atoms with Crippen LogP contribution in [0.15, 0.2) is 65.9 Å². The Kier molecular flexibility index (Phi) is 7.09. The van der Waals surface area contributed by atoms with E-state index >= 15 is 0 Å². The Labute approximate surface area is 189 Å². The SMILES string of the molecule is C=N/C=C(\CCC(C)C1CCC(c2ccnc3ccc(F)cc23)CC1)c1ccc(F)cc1. The molecule has 1 aliphatic rings. The maximum Gasteiger partial charge on any atom is 0.123 e. The molecule has 1 unspecified atom stereocenters. The number of halogens is 2. The molecule has 1 aromatic heterocycles. The van der Waals surface area contributed by atoms with Crippen molar-refractivity contribution in [3.8, 4) is 0 Å². The number of nitrogens with zero attached hydrogens (tertiary/aromatic N) is 2. The zero-order chi connectivity index (χ0) is 22.5. The molecule has 2 aromatic carbocycles. The van der Waals surface area contributed by atoms with Crippen LogP contribution in [0.3, 0.4) is 0 Å². The van der Waals surface area contributed by atoms with E-state index in [1.165, 1.54) is 36.6 Å². The summed E-state index contributed by atoms with van der Waals surface area (Å²) in [5.41, 5.74) is 4.21. The first-order valence-electron chi connectivity index (χ1n) is 11.5. The van der Waals surface area contributed by atoms with Crippen LogP contribution in [0.25, 0.3) is 16.5 Å². The van der Waals surface area contributed by atoms with Gasteiger partial charge in [-0.05, 0) is 116 Å². The lowest BCUT2D eigenvalue weighted by atomic mass is 9.72. The van der Waals surface area contributed by atoms with E-state index in [-0.39, 0.29) is 11.6 Å². The molecule has 0 bridgehead atoms. The predicted octanol–water partition coefficient (Wildman–Crippen LogP) is 7.94. The van der Waals surface area contributed by atoms with Crippen LogP contribution in [-0.4, -0.2) is 11.7 Å². The smallest absolute Gasteiger partial charge is 0.123 e. The summed E-state index contributed by atoms with van der Waals surface area (Å²) in [6.45, 7) is 5.94. The second-order valence-corrected chi connectivity index (χ2v) is 9.03. The highest BCUT2D eigenvalue weighted by Crippen LogP contribution is 2.42. The highest BCUT2D eigenvalue weighted by molar-refractivity contribution is 5.82. The van der Waals surface area contributed by atoms with Gasteiger partial charge in [0.2, 0.25) is 0 Å². The number of benzene rings is 2. The van der Waals surface area contributed by atoms with E-state index in [0.717, 1.165) is 47.7 Å². The molecule has 1 saturated carbocycles. The molecule has 1 aliphatic carbocycles. The fourth-order valence-electron chi connectivity index (χ4n) is 5.17. The average molecular weight is 433 g/mol. The van der Waals surface area contributed by atoms with E-state index in [1.54, 1.807) is 18.3 Å². The maximum atomic E-state index is 13.8. The van der Waals surface area contributed by atoms with Crippen molar-refractivity contribution < 1.29 is 8.78 Å². The molecule has 0 spiro atoms. The summed E-state index contributed by atoms with van der Waals surface area (Å²) < 4.78 is 27.1. The molecule has 0 saturated heterocycles. The van der Waals surface area contributed by atoms with Gasteiger partial charge in [-0.2, -0.15) is 0 Å². The minimum atomic E-state index is -0.227. The zero-order valence-corrected chi connectivity index (χ0v) is 18.6. The third-order valence-corrected chi connectivity index (χ3v) is 7.08. The van der Waals surface area contributed by atoms with Crippen LogP contribution in [0, 0.1) is 23.5 Å². The summed E-state index contributed by atoms with van der Waals surface area (Å²) in [6, 6.07) is 13.5. The van der Waals surface area contributed by atoms with Gasteiger partial charge in [-0.3, -0.25) is 9.98 Å². The number of rotatable bonds is 7. The standard InChI is InChI=1S/C28H30F2N2/c1-19(3-4-23(18-31-2)21-9-11-24(29)12-10-21)20-5-7-22(8-6-20)26-15-16-32-28-14-13-25(30)17-27(26)28/h9-20,22H,2-8H2,1H3/b23-18+. The van der Waals surface area contributed by atoms with Crippen LogP contribution in [0.4, 0.5) is 8.78 Å². The van der Waals surface area contributed by atoms with E-state index in [2.05, 4.69) is 29.7 Å². The van der Waals surface area contributed by atoms with Gasteiger partial charge in [0.1, 0.15) is 11.6 Å². The van der Waals surface area contributed by atoms with E-state index in [9.17, 15) is 8.78 Å². The van der Waals surface area contributed by atoms with Crippen molar-refractivity contribution in [2.45, 2.75) is 51.4 Å². The molecule has 166 valence electrons. The fraction of sp³-hybridized carbons (Fsp3) is 0.357. The second kappa shape index (κ2) is 10.2. The van der Waals surface area contributed by atoms with Gasteiger partial charge in [0, 0.05) is 17.8 Å². The molecule has 1 atom stereocenters. The molecule has 1 fully saturated rings. The molecule has 4 heteroatoms. The lowest BCUT2D eigenvalue weighted by Gasteiger charge is -2.33. The Morgan fingerprint density at radius 2 is 1.78 bits per heavy atom. The molecular weight excluding hydrogens is 402 g/mol. The Morgan fingerprint density at radius 1 is 1.06 bits per heavy atom. The molecule has 3 aromatic rings. The molecule has 4 rings (SSSR count). The Hall–Kier alpha value is -2.88. The Morgan fingerprint density at radius 3 is 2.50 bits per heavy atom. The normalized spacial score (nSPS) is 20.3. The van der Waals surface area contributed by atoms with Gasteiger partial charge < -0.3 is 0 Å². The average Bonchev–Trinajstić information content (AvgIpc) is 2.82. The lowest BCUT2D eigenvalue weighted by Crippen LogP contribution is -2.19. The van der Waals surface area contributed by atoms with Gasteiger partial charge >= 0.3 is 0 Å². The Balaban J connectivity index is 1.37. The topological polar surface area (TPSA) is 25.2 Å². The number of aromatic nitrogens is 1. The monoisotopic (exact) mass is 432 g/mol. The summed E-state index contributed by atoms with van der Waals surface area (Å²) in [5, 5.41) is 0.954. The quantitative estimate of drug-likeness (QED) is 0.348. The van der Waals surface area contributed by atoms with Crippen LogP contribution < -0.4 is 0 Å². The summed E-state index contributed by atoms with van der Waals surface area (Å²) >= 11 is 0. The Bertz CT molecular complexity index is 1100. The zero-order valence-electron chi connectivity index (χ0n) is 18.6. The molecular formula is C28H30F2N2. The van der Waals surface area contributed by atoms with Crippen LogP contribution in [0.1, 0.15) is 62.5 Å². The van der Waals surface area contributed by atoms with Gasteiger partial charge in [-0.25, -0.2) is 8.78 Å². The third kappa shape index (κ3) is 5.12. The number of hydrogen-bond acceptors (Lipinski definition) is 2. The molecule has 0 N–H and O–H groups in total.